The van der Waals surface area contributed by atoms with E-state index in [1.165, 1.54) is 28.7 Å². The minimum Gasteiger partial charge on any atom is -0.444 e. The molecule has 1 unspecified atom stereocenters. The summed E-state index contributed by atoms with van der Waals surface area (Å²) in [7, 11) is 0. The molecule has 158 valence electrons. The standard InChI is InChI=1S/C22H32N4O2S/c1-13-5-10-17-16(11-13)18-19(23-12-24-20(18)29-17)25-14-6-8-15(9-7-14)26-21(27)28-22(2,3)4/h12-15H,5-11H2,1-4H3,(H,26,27)(H,23,24,25)/t13?,14-,15-. The van der Waals surface area contributed by atoms with Crippen molar-refractivity contribution in [3.05, 3.63) is 16.8 Å². The Morgan fingerprint density at radius 1 is 1.14 bits per heavy atom. The fourth-order valence-corrected chi connectivity index (χ4v) is 5.63. The number of hydrogen-bond donors (Lipinski definition) is 2. The van der Waals surface area contributed by atoms with E-state index in [0.717, 1.165) is 48.7 Å². The summed E-state index contributed by atoms with van der Waals surface area (Å²) in [4.78, 5) is 23.8. The number of carbonyl (C=O) groups excluding carboxylic acids is 1. The molecule has 2 aromatic rings. The van der Waals surface area contributed by atoms with Gasteiger partial charge in [-0.3, -0.25) is 0 Å². The predicted octanol–water partition coefficient (Wildman–Crippen LogP) is 5.06. The molecule has 2 aliphatic rings. The number of aromatic nitrogens is 2. The highest BCUT2D eigenvalue weighted by Gasteiger charge is 2.27. The normalized spacial score (nSPS) is 24.8. The van der Waals surface area contributed by atoms with Crippen LogP contribution in [0.3, 0.4) is 0 Å². The van der Waals surface area contributed by atoms with Gasteiger partial charge in [0.1, 0.15) is 22.6 Å². The first kappa shape index (κ1) is 20.4. The van der Waals surface area contributed by atoms with Gasteiger partial charge < -0.3 is 15.4 Å². The van der Waals surface area contributed by atoms with E-state index in [9.17, 15) is 4.79 Å². The van der Waals surface area contributed by atoms with E-state index in [4.69, 9.17) is 4.74 Å². The van der Waals surface area contributed by atoms with Gasteiger partial charge in [-0.25, -0.2) is 14.8 Å². The molecular weight excluding hydrogens is 384 g/mol. The van der Waals surface area contributed by atoms with E-state index in [-0.39, 0.29) is 12.1 Å². The number of anilines is 1. The highest BCUT2D eigenvalue weighted by molar-refractivity contribution is 7.19. The fourth-order valence-electron chi connectivity index (χ4n) is 4.44. The summed E-state index contributed by atoms with van der Waals surface area (Å²) in [6, 6.07) is 0.560. The first-order chi connectivity index (χ1) is 13.8. The molecule has 4 rings (SSSR count). The monoisotopic (exact) mass is 416 g/mol. The van der Waals surface area contributed by atoms with Gasteiger partial charge in [0, 0.05) is 17.0 Å². The number of thiophene rings is 1. The lowest BCUT2D eigenvalue weighted by Crippen LogP contribution is -2.42. The topological polar surface area (TPSA) is 76.1 Å². The zero-order valence-electron chi connectivity index (χ0n) is 17.9. The Morgan fingerprint density at radius 2 is 1.86 bits per heavy atom. The van der Waals surface area contributed by atoms with Gasteiger partial charge in [-0.2, -0.15) is 0 Å². The van der Waals surface area contributed by atoms with E-state index in [1.807, 2.05) is 32.1 Å². The Labute approximate surface area is 176 Å². The number of alkyl carbamates (subject to hydrolysis) is 1. The molecule has 0 spiro atoms. The highest BCUT2D eigenvalue weighted by atomic mass is 32.1. The van der Waals surface area contributed by atoms with Crippen LogP contribution in [-0.2, 0) is 17.6 Å². The first-order valence-corrected chi connectivity index (χ1v) is 11.6. The molecule has 7 heteroatoms. The van der Waals surface area contributed by atoms with Gasteiger partial charge in [0.25, 0.3) is 0 Å². The van der Waals surface area contributed by atoms with E-state index >= 15 is 0 Å². The van der Waals surface area contributed by atoms with Gasteiger partial charge in [-0.05, 0) is 77.2 Å². The van der Waals surface area contributed by atoms with Crippen molar-refractivity contribution in [3.8, 4) is 0 Å². The smallest absolute Gasteiger partial charge is 0.407 e. The summed E-state index contributed by atoms with van der Waals surface area (Å²) in [5.74, 6) is 1.72. The number of rotatable bonds is 3. The summed E-state index contributed by atoms with van der Waals surface area (Å²) < 4.78 is 5.38. The van der Waals surface area contributed by atoms with Crippen molar-refractivity contribution in [3.63, 3.8) is 0 Å². The molecular formula is C22H32N4O2S. The molecule has 2 aromatic heterocycles. The van der Waals surface area contributed by atoms with Crippen molar-refractivity contribution in [2.45, 2.75) is 90.3 Å². The van der Waals surface area contributed by atoms with Crippen LogP contribution in [0.25, 0.3) is 10.2 Å². The van der Waals surface area contributed by atoms with E-state index < -0.39 is 5.60 Å². The molecule has 0 saturated heterocycles. The maximum absolute atomic E-state index is 12.0. The predicted molar refractivity (Wildman–Crippen MR) is 118 cm³/mol. The van der Waals surface area contributed by atoms with Crippen molar-refractivity contribution >= 4 is 33.5 Å². The van der Waals surface area contributed by atoms with Gasteiger partial charge in [0.05, 0.1) is 5.39 Å². The largest absolute Gasteiger partial charge is 0.444 e. The molecule has 1 saturated carbocycles. The first-order valence-electron chi connectivity index (χ1n) is 10.8. The Kier molecular flexibility index (Phi) is 5.69. The molecule has 2 N–H and O–H groups in total. The SMILES string of the molecule is CC1CCc2sc3ncnc(N[C@H]4CC[C@H](NC(=O)OC(C)(C)C)CC4)c3c2C1. The molecule has 0 radical (unpaired) electrons. The Hall–Kier alpha value is -1.89. The fraction of sp³-hybridized carbons (Fsp3) is 0.682. The maximum atomic E-state index is 12.0. The molecule has 29 heavy (non-hydrogen) atoms. The van der Waals surface area contributed by atoms with Gasteiger partial charge >= 0.3 is 6.09 Å². The van der Waals surface area contributed by atoms with Gasteiger partial charge in [-0.1, -0.05) is 6.92 Å². The summed E-state index contributed by atoms with van der Waals surface area (Å²) in [6.07, 6.45) is 8.85. The second kappa shape index (κ2) is 8.09. The molecule has 0 aliphatic heterocycles. The molecule has 0 bridgehead atoms. The molecule has 1 atom stereocenters. The molecule has 1 amide bonds. The van der Waals surface area contributed by atoms with Crippen LogP contribution in [0.1, 0.15) is 70.2 Å². The zero-order chi connectivity index (χ0) is 20.6. The van der Waals surface area contributed by atoms with Crippen molar-refractivity contribution in [1.82, 2.24) is 15.3 Å². The van der Waals surface area contributed by atoms with Crippen LogP contribution >= 0.6 is 11.3 Å². The van der Waals surface area contributed by atoms with Crippen LogP contribution < -0.4 is 10.6 Å². The Balaban J connectivity index is 1.39. The van der Waals surface area contributed by atoms with E-state index in [2.05, 4.69) is 27.5 Å². The lowest BCUT2D eigenvalue weighted by Gasteiger charge is -2.31. The van der Waals surface area contributed by atoms with E-state index in [0.29, 0.717) is 6.04 Å². The molecule has 0 aromatic carbocycles. The number of aryl methyl sites for hydroxylation is 1. The number of amides is 1. The van der Waals surface area contributed by atoms with Crippen molar-refractivity contribution < 1.29 is 9.53 Å². The lowest BCUT2D eigenvalue weighted by molar-refractivity contribution is 0.0492. The Bertz CT molecular complexity index is 881. The molecule has 2 heterocycles. The van der Waals surface area contributed by atoms with Crippen LogP contribution in [0.5, 0.6) is 0 Å². The van der Waals surface area contributed by atoms with Gasteiger partial charge in [0.2, 0.25) is 0 Å². The van der Waals surface area contributed by atoms with Crippen LogP contribution in [0.2, 0.25) is 0 Å². The minimum atomic E-state index is -0.460. The highest BCUT2D eigenvalue weighted by Crippen LogP contribution is 2.40. The summed E-state index contributed by atoms with van der Waals surface area (Å²) in [5.41, 5.74) is 1.01. The van der Waals surface area contributed by atoms with Gasteiger partial charge in [-0.15, -0.1) is 11.3 Å². The van der Waals surface area contributed by atoms with Crippen LogP contribution in [0.4, 0.5) is 10.6 Å². The van der Waals surface area contributed by atoms with Crippen molar-refractivity contribution in [2.75, 3.05) is 5.32 Å². The number of hydrogen-bond acceptors (Lipinski definition) is 6. The summed E-state index contributed by atoms with van der Waals surface area (Å²) in [5, 5.41) is 7.96. The average molecular weight is 417 g/mol. The van der Waals surface area contributed by atoms with Crippen molar-refractivity contribution in [2.24, 2.45) is 5.92 Å². The number of ether oxygens (including phenoxy) is 1. The third-order valence-electron chi connectivity index (χ3n) is 5.88. The zero-order valence-corrected chi connectivity index (χ0v) is 18.7. The van der Waals surface area contributed by atoms with Crippen molar-refractivity contribution in [1.29, 1.82) is 0 Å². The lowest BCUT2D eigenvalue weighted by atomic mass is 9.88. The van der Waals surface area contributed by atoms with Crippen LogP contribution in [0, 0.1) is 5.92 Å². The third-order valence-corrected chi connectivity index (χ3v) is 7.08. The molecule has 6 nitrogen and oxygen atoms in total. The maximum Gasteiger partial charge on any atom is 0.407 e. The van der Waals surface area contributed by atoms with Gasteiger partial charge in [0.15, 0.2) is 0 Å². The third kappa shape index (κ3) is 4.82. The summed E-state index contributed by atoms with van der Waals surface area (Å²) >= 11 is 1.84. The second-order valence-electron chi connectivity index (χ2n) is 9.59. The van der Waals surface area contributed by atoms with E-state index in [1.54, 1.807) is 6.33 Å². The van der Waals surface area contributed by atoms with Crippen LogP contribution in [0.15, 0.2) is 6.33 Å². The number of fused-ring (bicyclic) bond motifs is 3. The number of nitrogens with zero attached hydrogens (tertiary/aromatic N) is 2. The quantitative estimate of drug-likeness (QED) is 0.731. The van der Waals surface area contributed by atoms with Crippen LogP contribution in [-0.4, -0.2) is 33.7 Å². The number of carbonyl (C=O) groups is 1. The molecule has 1 fully saturated rings. The molecule has 2 aliphatic carbocycles. The minimum absolute atomic E-state index is 0.183. The second-order valence-corrected chi connectivity index (χ2v) is 10.7. The summed E-state index contributed by atoms with van der Waals surface area (Å²) in [6.45, 7) is 8.00. The Morgan fingerprint density at radius 3 is 2.59 bits per heavy atom. The average Bonchev–Trinajstić information content (AvgIpc) is 3.00. The number of nitrogens with one attached hydrogen (secondary N) is 2.